The minimum Gasteiger partial charge on any atom is -0.440 e. The third-order valence-corrected chi connectivity index (χ3v) is 8.16. The maximum Gasteiger partial charge on any atom is 0.241 e. The van der Waals surface area contributed by atoms with Crippen LogP contribution in [0.3, 0.4) is 0 Å². The molecule has 1 amide bonds. The van der Waals surface area contributed by atoms with Crippen LogP contribution in [0, 0.1) is 0 Å². The molecule has 1 aliphatic rings. The van der Waals surface area contributed by atoms with Gasteiger partial charge in [0.1, 0.15) is 11.5 Å². The number of anilines is 2. The van der Waals surface area contributed by atoms with Gasteiger partial charge in [-0.25, -0.2) is 0 Å². The molecule has 0 N–H and O–H groups in total. The molecule has 8 heteroatoms. The monoisotopic (exact) mass is 518 g/mol. The van der Waals surface area contributed by atoms with Gasteiger partial charge in [-0.1, -0.05) is 30.3 Å². The molecule has 1 aliphatic heterocycles. The second-order valence-corrected chi connectivity index (χ2v) is 10.1. The second kappa shape index (κ2) is 9.24. The van der Waals surface area contributed by atoms with Gasteiger partial charge in [0.05, 0.1) is 18.6 Å². The standard InChI is InChI=1S/C28H23ClN2O4S/c1-30(25(33)16-29)17-8-9-24-22(14-17)20-6-3-5-19(28(20)36-24)18-4-2-7-21-23(32)15-26(35-27(18)21)31-10-12-34-13-11-31/h2-9,14-15H,10-13,16H2,1H3. The van der Waals surface area contributed by atoms with Crippen molar-refractivity contribution in [3.05, 3.63) is 70.9 Å². The predicted octanol–water partition coefficient (Wildman–Crippen LogP) is 5.87. The summed E-state index contributed by atoms with van der Waals surface area (Å²) in [5.41, 5.74) is 3.22. The fourth-order valence-electron chi connectivity index (χ4n) is 4.76. The summed E-state index contributed by atoms with van der Waals surface area (Å²) in [4.78, 5) is 28.8. The van der Waals surface area contributed by atoms with Crippen molar-refractivity contribution < 1.29 is 13.9 Å². The number of ether oxygens (including phenoxy) is 1. The lowest BCUT2D eigenvalue weighted by Crippen LogP contribution is -2.36. The van der Waals surface area contributed by atoms with Crippen molar-refractivity contribution in [2.75, 3.05) is 49.0 Å². The van der Waals surface area contributed by atoms with E-state index in [1.54, 1.807) is 29.4 Å². The molecule has 0 unspecified atom stereocenters. The number of benzene rings is 3. The highest BCUT2D eigenvalue weighted by molar-refractivity contribution is 7.26. The smallest absolute Gasteiger partial charge is 0.241 e. The number of halogens is 1. The zero-order chi connectivity index (χ0) is 24.8. The average molecular weight is 519 g/mol. The van der Waals surface area contributed by atoms with Gasteiger partial charge >= 0.3 is 0 Å². The van der Waals surface area contributed by atoms with Crippen molar-refractivity contribution in [1.29, 1.82) is 0 Å². The Balaban J connectivity index is 1.54. The van der Waals surface area contributed by atoms with E-state index in [4.69, 9.17) is 20.8 Å². The maximum absolute atomic E-state index is 13.1. The fourth-order valence-corrected chi connectivity index (χ4v) is 6.15. The fraction of sp³-hybridized carbons (Fsp3) is 0.214. The third-order valence-electron chi connectivity index (χ3n) is 6.71. The van der Waals surface area contributed by atoms with Crippen LogP contribution >= 0.6 is 22.9 Å². The van der Waals surface area contributed by atoms with Gasteiger partial charge in [0.25, 0.3) is 0 Å². The summed E-state index contributed by atoms with van der Waals surface area (Å²) < 4.78 is 14.1. The molecule has 0 radical (unpaired) electrons. The van der Waals surface area contributed by atoms with E-state index in [1.165, 1.54) is 0 Å². The van der Waals surface area contributed by atoms with Crippen molar-refractivity contribution in [3.8, 4) is 11.1 Å². The Hall–Kier alpha value is -3.39. The number of alkyl halides is 1. The Kier molecular flexibility index (Phi) is 5.91. The van der Waals surface area contributed by atoms with Crippen molar-refractivity contribution in [3.63, 3.8) is 0 Å². The van der Waals surface area contributed by atoms with Crippen LogP contribution in [0.1, 0.15) is 0 Å². The first-order chi connectivity index (χ1) is 17.5. The highest BCUT2D eigenvalue weighted by atomic mass is 35.5. The number of nitrogens with zero attached hydrogens (tertiary/aromatic N) is 2. The molecule has 1 saturated heterocycles. The molecule has 182 valence electrons. The van der Waals surface area contributed by atoms with Crippen LogP contribution in [0.15, 0.2) is 69.9 Å². The lowest BCUT2D eigenvalue weighted by Gasteiger charge is -2.27. The number of amides is 1. The molecule has 3 heterocycles. The first kappa shape index (κ1) is 23.0. The molecule has 6 nitrogen and oxygen atoms in total. The van der Waals surface area contributed by atoms with Gasteiger partial charge in [0.2, 0.25) is 5.91 Å². The number of thiophene rings is 1. The lowest BCUT2D eigenvalue weighted by molar-refractivity contribution is -0.116. The number of para-hydroxylation sites is 1. The Labute approximate surface area is 216 Å². The molecule has 3 aromatic carbocycles. The molecule has 0 saturated carbocycles. The molecule has 1 fully saturated rings. The van der Waals surface area contributed by atoms with Gasteiger partial charge in [-0.05, 0) is 24.3 Å². The summed E-state index contributed by atoms with van der Waals surface area (Å²) in [5, 5.41) is 2.72. The molecule has 0 bridgehead atoms. The van der Waals surface area contributed by atoms with E-state index in [1.807, 2.05) is 42.5 Å². The quantitative estimate of drug-likeness (QED) is 0.279. The molecule has 0 atom stereocenters. The van der Waals surface area contributed by atoms with E-state index < -0.39 is 0 Å². The molecule has 0 spiro atoms. The minimum atomic E-state index is -0.155. The van der Waals surface area contributed by atoms with E-state index >= 15 is 0 Å². The van der Waals surface area contributed by atoms with E-state index in [0.717, 1.165) is 37.0 Å². The normalized spacial score (nSPS) is 14.1. The van der Waals surface area contributed by atoms with Crippen LogP contribution in [-0.4, -0.2) is 45.1 Å². The molecule has 6 rings (SSSR count). The first-order valence-electron chi connectivity index (χ1n) is 11.7. The summed E-state index contributed by atoms with van der Waals surface area (Å²) in [5.74, 6) is 0.350. The summed E-state index contributed by atoms with van der Waals surface area (Å²) >= 11 is 7.45. The van der Waals surface area contributed by atoms with Crippen molar-refractivity contribution in [2.45, 2.75) is 0 Å². The Morgan fingerprint density at radius 3 is 2.53 bits per heavy atom. The SMILES string of the molecule is CN(C(=O)CCl)c1ccc2sc3c(-c4cccc5c(=O)cc(N6CCOCC6)oc45)cccc3c2c1. The predicted molar refractivity (Wildman–Crippen MR) is 148 cm³/mol. The number of hydrogen-bond donors (Lipinski definition) is 0. The first-order valence-corrected chi connectivity index (χ1v) is 13.1. The van der Waals surface area contributed by atoms with Crippen LogP contribution in [-0.2, 0) is 9.53 Å². The van der Waals surface area contributed by atoms with Crippen LogP contribution in [0.2, 0.25) is 0 Å². The van der Waals surface area contributed by atoms with Gasteiger partial charge in [0.15, 0.2) is 11.3 Å². The van der Waals surface area contributed by atoms with Gasteiger partial charge in [-0.15, -0.1) is 22.9 Å². The van der Waals surface area contributed by atoms with Gasteiger partial charge < -0.3 is 19.0 Å². The minimum absolute atomic E-state index is 0.0558. The number of rotatable bonds is 4. The Bertz CT molecular complexity index is 1690. The Morgan fingerprint density at radius 2 is 1.75 bits per heavy atom. The topological polar surface area (TPSA) is 63.0 Å². The zero-order valence-corrected chi connectivity index (χ0v) is 21.2. The molecule has 2 aromatic heterocycles. The van der Waals surface area contributed by atoms with Crippen LogP contribution in [0.5, 0.6) is 0 Å². The Morgan fingerprint density at radius 1 is 1.00 bits per heavy atom. The van der Waals surface area contributed by atoms with Crippen molar-refractivity contribution in [1.82, 2.24) is 0 Å². The molecule has 0 aliphatic carbocycles. The number of morpholine rings is 1. The van der Waals surface area contributed by atoms with Crippen LogP contribution < -0.4 is 15.2 Å². The van der Waals surface area contributed by atoms with E-state index in [0.29, 0.717) is 43.2 Å². The maximum atomic E-state index is 13.1. The summed E-state index contributed by atoms with van der Waals surface area (Å²) in [6.07, 6.45) is 0. The van der Waals surface area contributed by atoms with Crippen LogP contribution in [0.4, 0.5) is 11.6 Å². The van der Waals surface area contributed by atoms with E-state index in [2.05, 4.69) is 17.0 Å². The number of carbonyl (C=O) groups is 1. The number of hydrogen-bond acceptors (Lipinski definition) is 6. The summed E-state index contributed by atoms with van der Waals surface area (Å²) in [7, 11) is 1.73. The lowest BCUT2D eigenvalue weighted by atomic mass is 10.0. The van der Waals surface area contributed by atoms with Gasteiger partial charge in [0, 0.05) is 63.2 Å². The molecular formula is C28H23ClN2O4S. The van der Waals surface area contributed by atoms with Gasteiger partial charge in [-0.2, -0.15) is 0 Å². The second-order valence-electron chi connectivity index (χ2n) is 8.78. The van der Waals surface area contributed by atoms with E-state index in [-0.39, 0.29) is 17.2 Å². The molecule has 36 heavy (non-hydrogen) atoms. The number of fused-ring (bicyclic) bond motifs is 4. The average Bonchev–Trinajstić information content (AvgIpc) is 3.30. The summed E-state index contributed by atoms with van der Waals surface area (Å²) in [6, 6.07) is 19.5. The highest BCUT2D eigenvalue weighted by Crippen LogP contribution is 2.42. The van der Waals surface area contributed by atoms with Gasteiger partial charge in [-0.3, -0.25) is 9.59 Å². The molecular weight excluding hydrogens is 496 g/mol. The zero-order valence-electron chi connectivity index (χ0n) is 19.6. The third kappa shape index (κ3) is 3.84. The molecule has 5 aromatic rings. The van der Waals surface area contributed by atoms with Crippen molar-refractivity contribution in [2.24, 2.45) is 0 Å². The number of carbonyl (C=O) groups excluding carboxylic acids is 1. The highest BCUT2D eigenvalue weighted by Gasteiger charge is 2.19. The van der Waals surface area contributed by atoms with Crippen molar-refractivity contribution >= 4 is 71.6 Å². The summed E-state index contributed by atoms with van der Waals surface area (Å²) in [6.45, 7) is 2.59. The van der Waals surface area contributed by atoms with E-state index in [9.17, 15) is 9.59 Å². The largest absolute Gasteiger partial charge is 0.440 e. The van der Waals surface area contributed by atoms with Crippen LogP contribution in [0.25, 0.3) is 42.3 Å².